The van der Waals surface area contributed by atoms with Gasteiger partial charge in [-0.15, -0.1) is 12.4 Å². The van der Waals surface area contributed by atoms with Crippen molar-refractivity contribution in [1.29, 1.82) is 0 Å². The van der Waals surface area contributed by atoms with E-state index in [1.165, 1.54) is 12.1 Å². The number of ether oxygens (including phenoxy) is 2. The van der Waals surface area contributed by atoms with Crippen LogP contribution in [0.1, 0.15) is 20.3 Å². The van der Waals surface area contributed by atoms with Crippen molar-refractivity contribution in [2.24, 2.45) is 0 Å². The van der Waals surface area contributed by atoms with E-state index in [1.807, 2.05) is 13.8 Å². The second-order valence-corrected chi connectivity index (χ2v) is 5.29. The van der Waals surface area contributed by atoms with Crippen molar-refractivity contribution in [1.82, 2.24) is 5.32 Å². The first-order valence-corrected chi connectivity index (χ1v) is 7.12. The van der Waals surface area contributed by atoms with Crippen LogP contribution in [0.3, 0.4) is 0 Å². The summed E-state index contributed by atoms with van der Waals surface area (Å²) >= 11 is 0. The summed E-state index contributed by atoms with van der Waals surface area (Å²) in [6, 6.07) is 4.40. The van der Waals surface area contributed by atoms with E-state index >= 15 is 0 Å². The van der Waals surface area contributed by atoms with Gasteiger partial charge in [0.15, 0.2) is 0 Å². The molecule has 1 aromatic rings. The van der Waals surface area contributed by atoms with Crippen molar-refractivity contribution in [3.8, 4) is 5.75 Å². The molecule has 0 aromatic heterocycles. The van der Waals surface area contributed by atoms with E-state index in [2.05, 4.69) is 10.6 Å². The third-order valence-electron chi connectivity index (χ3n) is 3.02. The fraction of sp³-hybridized carbons (Fsp3) is 0.533. The van der Waals surface area contributed by atoms with Gasteiger partial charge in [-0.05, 0) is 26.0 Å². The molecule has 1 aliphatic rings. The molecule has 1 atom stereocenters. The Bertz CT molecular complexity index is 494. The molecule has 0 radical (unpaired) electrons. The average molecular weight is 333 g/mol. The van der Waals surface area contributed by atoms with Crippen LogP contribution in [0.5, 0.6) is 5.75 Å². The highest BCUT2D eigenvalue weighted by Crippen LogP contribution is 2.21. The van der Waals surface area contributed by atoms with Gasteiger partial charge in [0, 0.05) is 25.1 Å². The molecule has 22 heavy (non-hydrogen) atoms. The number of rotatable bonds is 5. The number of amides is 1. The van der Waals surface area contributed by atoms with Gasteiger partial charge in [0.25, 0.3) is 0 Å². The maximum absolute atomic E-state index is 13.9. The number of anilines is 1. The zero-order valence-electron chi connectivity index (χ0n) is 12.7. The van der Waals surface area contributed by atoms with Crippen molar-refractivity contribution >= 4 is 24.0 Å². The molecule has 1 aromatic carbocycles. The largest absolute Gasteiger partial charge is 0.491 e. The van der Waals surface area contributed by atoms with Crippen molar-refractivity contribution in [3.63, 3.8) is 0 Å². The normalized spacial score (nSPS) is 17.7. The lowest BCUT2D eigenvalue weighted by molar-refractivity contribution is -0.117. The lowest BCUT2D eigenvalue weighted by Gasteiger charge is -2.23. The molecule has 5 nitrogen and oxygen atoms in total. The van der Waals surface area contributed by atoms with Gasteiger partial charge in [-0.3, -0.25) is 4.79 Å². The molecule has 0 bridgehead atoms. The Morgan fingerprint density at radius 1 is 1.55 bits per heavy atom. The number of hydrogen-bond acceptors (Lipinski definition) is 4. The summed E-state index contributed by atoms with van der Waals surface area (Å²) < 4.78 is 24.6. The number of nitrogens with one attached hydrogen (secondary N) is 2. The van der Waals surface area contributed by atoms with Gasteiger partial charge in [0.05, 0.1) is 25.0 Å². The Morgan fingerprint density at radius 3 is 2.91 bits per heavy atom. The van der Waals surface area contributed by atoms with Gasteiger partial charge >= 0.3 is 0 Å². The van der Waals surface area contributed by atoms with Crippen LogP contribution in [0.2, 0.25) is 0 Å². The number of morpholine rings is 1. The highest BCUT2D eigenvalue weighted by molar-refractivity contribution is 5.91. The van der Waals surface area contributed by atoms with Crippen LogP contribution >= 0.6 is 12.4 Å². The van der Waals surface area contributed by atoms with Gasteiger partial charge in [-0.2, -0.15) is 0 Å². The molecule has 0 saturated carbocycles. The maximum atomic E-state index is 13.9. The van der Waals surface area contributed by atoms with Crippen molar-refractivity contribution in [2.75, 3.05) is 25.1 Å². The number of hydrogen-bond donors (Lipinski definition) is 2. The predicted molar refractivity (Wildman–Crippen MR) is 85.3 cm³/mol. The zero-order valence-corrected chi connectivity index (χ0v) is 13.5. The Morgan fingerprint density at radius 2 is 2.32 bits per heavy atom. The number of carbonyl (C=O) groups is 1. The summed E-state index contributed by atoms with van der Waals surface area (Å²) in [5.74, 6) is -0.299. The van der Waals surface area contributed by atoms with Crippen LogP contribution in [0.25, 0.3) is 0 Å². The van der Waals surface area contributed by atoms with Crippen LogP contribution in [-0.4, -0.2) is 37.8 Å². The lowest BCUT2D eigenvalue weighted by Crippen LogP contribution is -2.43. The fourth-order valence-corrected chi connectivity index (χ4v) is 2.12. The third kappa shape index (κ3) is 5.79. The van der Waals surface area contributed by atoms with E-state index in [0.29, 0.717) is 19.0 Å². The van der Waals surface area contributed by atoms with E-state index in [0.717, 1.165) is 6.54 Å². The molecular weight excluding hydrogens is 311 g/mol. The van der Waals surface area contributed by atoms with E-state index < -0.39 is 5.82 Å². The smallest absolute Gasteiger partial charge is 0.226 e. The summed E-state index contributed by atoms with van der Waals surface area (Å²) in [7, 11) is 0. The molecule has 1 unspecified atom stereocenters. The molecular formula is C15H22ClFN2O3. The van der Waals surface area contributed by atoms with E-state index in [1.54, 1.807) is 6.07 Å². The van der Waals surface area contributed by atoms with Gasteiger partial charge < -0.3 is 20.1 Å². The average Bonchev–Trinajstić information content (AvgIpc) is 2.42. The number of halogens is 2. The molecule has 1 amide bonds. The molecule has 0 aliphatic carbocycles. The highest BCUT2D eigenvalue weighted by Gasteiger charge is 2.17. The first-order valence-electron chi connectivity index (χ1n) is 7.12. The molecule has 2 rings (SSSR count). The SMILES string of the molecule is CC(C)Oc1ccc(NC(=O)CC2COCCN2)c(F)c1.Cl. The molecule has 1 aliphatic heterocycles. The van der Waals surface area contributed by atoms with Crippen LogP contribution in [0, 0.1) is 5.82 Å². The second-order valence-electron chi connectivity index (χ2n) is 5.29. The maximum Gasteiger partial charge on any atom is 0.226 e. The summed E-state index contributed by atoms with van der Waals surface area (Å²) in [6.07, 6.45) is 0.228. The van der Waals surface area contributed by atoms with Crippen LogP contribution in [-0.2, 0) is 9.53 Å². The summed E-state index contributed by atoms with van der Waals surface area (Å²) in [5, 5.41) is 5.75. The van der Waals surface area contributed by atoms with Crippen molar-refractivity contribution in [2.45, 2.75) is 32.4 Å². The van der Waals surface area contributed by atoms with Gasteiger partial charge in [-0.1, -0.05) is 0 Å². The number of benzene rings is 1. The Kier molecular flexibility index (Phi) is 7.58. The first-order chi connectivity index (χ1) is 10.0. The molecule has 124 valence electrons. The van der Waals surface area contributed by atoms with Gasteiger partial charge in [0.1, 0.15) is 11.6 Å². The van der Waals surface area contributed by atoms with Gasteiger partial charge in [-0.25, -0.2) is 4.39 Å². The van der Waals surface area contributed by atoms with Crippen LogP contribution in [0.4, 0.5) is 10.1 Å². The predicted octanol–water partition coefficient (Wildman–Crippen LogP) is 2.35. The molecule has 1 heterocycles. The topological polar surface area (TPSA) is 59.6 Å². The lowest BCUT2D eigenvalue weighted by atomic mass is 10.2. The molecule has 7 heteroatoms. The monoisotopic (exact) mass is 332 g/mol. The van der Waals surface area contributed by atoms with E-state index in [9.17, 15) is 9.18 Å². The quantitative estimate of drug-likeness (QED) is 0.869. The Balaban J connectivity index is 0.00000242. The molecule has 1 fully saturated rings. The summed E-state index contributed by atoms with van der Waals surface area (Å²) in [6.45, 7) is 5.62. The number of carbonyl (C=O) groups excluding carboxylic acids is 1. The second kappa shape index (κ2) is 8.92. The standard InChI is InChI=1S/C15H21FN2O3.ClH/c1-10(2)21-12-3-4-14(13(16)8-12)18-15(19)7-11-9-20-6-5-17-11;/h3-4,8,10-11,17H,5-7,9H2,1-2H3,(H,18,19);1H. The van der Waals surface area contributed by atoms with E-state index in [4.69, 9.17) is 9.47 Å². The third-order valence-corrected chi connectivity index (χ3v) is 3.02. The van der Waals surface area contributed by atoms with E-state index in [-0.39, 0.29) is 42.6 Å². The molecule has 0 spiro atoms. The van der Waals surface area contributed by atoms with Crippen LogP contribution < -0.4 is 15.4 Å². The fourth-order valence-electron chi connectivity index (χ4n) is 2.12. The molecule has 2 N–H and O–H groups in total. The van der Waals surface area contributed by atoms with Crippen molar-refractivity contribution in [3.05, 3.63) is 24.0 Å². The van der Waals surface area contributed by atoms with Crippen molar-refractivity contribution < 1.29 is 18.7 Å². The summed E-state index contributed by atoms with van der Waals surface area (Å²) in [4.78, 5) is 11.9. The minimum atomic E-state index is -0.505. The van der Waals surface area contributed by atoms with Gasteiger partial charge in [0.2, 0.25) is 5.91 Å². The minimum Gasteiger partial charge on any atom is -0.491 e. The zero-order chi connectivity index (χ0) is 15.2. The Hall–Kier alpha value is -1.37. The van der Waals surface area contributed by atoms with Crippen LogP contribution in [0.15, 0.2) is 18.2 Å². The summed E-state index contributed by atoms with van der Waals surface area (Å²) in [5.41, 5.74) is 0.160. The minimum absolute atomic E-state index is 0. The highest BCUT2D eigenvalue weighted by atomic mass is 35.5. The molecule has 1 saturated heterocycles. The first kappa shape index (κ1) is 18.7. The Labute approximate surface area is 136 Å².